The number of aromatic nitrogens is 1. The van der Waals surface area contributed by atoms with Crippen LogP contribution in [0, 0.1) is 0 Å². The molecule has 0 spiro atoms. The summed E-state index contributed by atoms with van der Waals surface area (Å²) in [5.41, 5.74) is 1.96. The number of likely N-dealkylation sites (tertiary alicyclic amines) is 1. The molecule has 0 radical (unpaired) electrons. The van der Waals surface area contributed by atoms with E-state index in [4.69, 9.17) is 16.3 Å². The fourth-order valence-corrected chi connectivity index (χ4v) is 4.22. The molecule has 9 heteroatoms. The lowest BCUT2D eigenvalue weighted by Crippen LogP contribution is -2.42. The predicted molar refractivity (Wildman–Crippen MR) is 126 cm³/mol. The van der Waals surface area contributed by atoms with Crippen LogP contribution in [0.15, 0.2) is 42.3 Å². The Morgan fingerprint density at radius 3 is 2.88 bits per heavy atom. The van der Waals surface area contributed by atoms with Crippen molar-refractivity contribution in [3.63, 3.8) is 0 Å². The SMILES string of the molecule is CC(C)Oc1cc(Cl)ncc1C1=CC=C2NC(NC(=O)NCCN3CCCCC3)=CN2C1. The van der Waals surface area contributed by atoms with Gasteiger partial charge >= 0.3 is 6.03 Å². The number of hydrogen-bond donors (Lipinski definition) is 3. The molecule has 0 saturated carbocycles. The van der Waals surface area contributed by atoms with Gasteiger partial charge < -0.3 is 25.2 Å². The number of carbonyl (C=O) groups is 1. The van der Waals surface area contributed by atoms with E-state index in [1.807, 2.05) is 37.1 Å². The van der Waals surface area contributed by atoms with Crippen molar-refractivity contribution >= 4 is 23.2 Å². The standard InChI is InChI=1S/C23H31ClN6O2/c1-16(2)32-19-12-20(24)26-13-18(19)17-6-7-22-27-21(15-30(22)14-17)28-23(31)25-8-11-29-9-4-3-5-10-29/h6-7,12-13,15-16,27H,3-5,8-11,14H2,1-2H3,(H2,25,28,31). The number of fused-ring (bicyclic) bond motifs is 1. The average molecular weight is 459 g/mol. The minimum Gasteiger partial charge on any atom is -0.490 e. The molecule has 0 bridgehead atoms. The van der Waals surface area contributed by atoms with Gasteiger partial charge in [-0.25, -0.2) is 9.78 Å². The molecule has 8 nitrogen and oxygen atoms in total. The lowest BCUT2D eigenvalue weighted by atomic mass is 10.0. The third kappa shape index (κ3) is 5.75. The van der Waals surface area contributed by atoms with Crippen LogP contribution in [-0.4, -0.2) is 59.6 Å². The number of nitrogens with zero attached hydrogens (tertiary/aromatic N) is 3. The lowest BCUT2D eigenvalue weighted by molar-refractivity contribution is 0.221. The van der Waals surface area contributed by atoms with Crippen molar-refractivity contribution in [3.05, 3.63) is 53.0 Å². The van der Waals surface area contributed by atoms with Crippen LogP contribution in [0.5, 0.6) is 5.75 Å². The molecule has 0 unspecified atom stereocenters. The average Bonchev–Trinajstić information content (AvgIpc) is 3.15. The molecule has 1 aromatic rings. The van der Waals surface area contributed by atoms with Gasteiger partial charge in [0.25, 0.3) is 0 Å². The minimum atomic E-state index is -0.205. The third-order valence-corrected chi connectivity index (χ3v) is 5.80. The molecule has 3 N–H and O–H groups in total. The molecule has 4 rings (SSSR count). The van der Waals surface area contributed by atoms with Crippen LogP contribution in [0.2, 0.25) is 5.15 Å². The first-order chi connectivity index (χ1) is 15.5. The number of amides is 2. The molecule has 1 aromatic heterocycles. The molecule has 32 heavy (non-hydrogen) atoms. The highest BCUT2D eigenvalue weighted by atomic mass is 35.5. The van der Waals surface area contributed by atoms with Gasteiger partial charge in [0.05, 0.1) is 6.10 Å². The number of allylic oxidation sites excluding steroid dienone is 2. The Labute approximate surface area is 194 Å². The van der Waals surface area contributed by atoms with Crippen molar-refractivity contribution in [1.82, 2.24) is 30.7 Å². The fraction of sp³-hybridized carbons (Fsp3) is 0.478. The topological polar surface area (TPSA) is 81.8 Å². The zero-order valence-corrected chi connectivity index (χ0v) is 19.4. The minimum absolute atomic E-state index is 0.0279. The largest absolute Gasteiger partial charge is 0.490 e. The summed E-state index contributed by atoms with van der Waals surface area (Å²) in [6.07, 6.45) is 11.5. The first kappa shape index (κ1) is 22.5. The third-order valence-electron chi connectivity index (χ3n) is 5.59. The van der Waals surface area contributed by atoms with Crippen molar-refractivity contribution in [3.8, 4) is 5.75 Å². The molecule has 2 amide bonds. The summed E-state index contributed by atoms with van der Waals surface area (Å²) in [7, 11) is 0. The molecule has 3 aliphatic heterocycles. The summed E-state index contributed by atoms with van der Waals surface area (Å²) in [5, 5.41) is 9.48. The second-order valence-electron chi connectivity index (χ2n) is 8.49. The number of piperidine rings is 1. The zero-order chi connectivity index (χ0) is 22.5. The maximum atomic E-state index is 12.3. The Kier molecular flexibility index (Phi) is 7.22. The molecule has 3 aliphatic rings. The van der Waals surface area contributed by atoms with Crippen LogP contribution in [-0.2, 0) is 0 Å². The van der Waals surface area contributed by atoms with Gasteiger partial charge in [0.1, 0.15) is 22.5 Å². The van der Waals surface area contributed by atoms with Gasteiger partial charge in [0.2, 0.25) is 0 Å². The van der Waals surface area contributed by atoms with Gasteiger partial charge in [-0.3, -0.25) is 5.32 Å². The van der Waals surface area contributed by atoms with Crippen LogP contribution in [0.4, 0.5) is 4.79 Å². The van der Waals surface area contributed by atoms with Crippen molar-refractivity contribution < 1.29 is 9.53 Å². The molecule has 0 atom stereocenters. The Balaban J connectivity index is 1.32. The first-order valence-electron chi connectivity index (χ1n) is 11.2. The van der Waals surface area contributed by atoms with Gasteiger partial charge in [-0.05, 0) is 51.4 Å². The van der Waals surface area contributed by atoms with Crippen molar-refractivity contribution in [2.24, 2.45) is 0 Å². The Hall–Kier alpha value is -2.71. The predicted octanol–water partition coefficient (Wildman–Crippen LogP) is 3.25. The quantitative estimate of drug-likeness (QED) is 0.544. The second-order valence-corrected chi connectivity index (χ2v) is 8.88. The highest BCUT2D eigenvalue weighted by Crippen LogP contribution is 2.32. The maximum Gasteiger partial charge on any atom is 0.320 e. The van der Waals surface area contributed by atoms with Crippen molar-refractivity contribution in [2.75, 3.05) is 32.7 Å². The highest BCUT2D eigenvalue weighted by molar-refractivity contribution is 6.29. The number of urea groups is 1. The smallest absolute Gasteiger partial charge is 0.320 e. The molecular formula is C23H31ClN6O2. The van der Waals surface area contributed by atoms with E-state index in [-0.39, 0.29) is 12.1 Å². The van der Waals surface area contributed by atoms with E-state index in [0.717, 1.165) is 36.6 Å². The number of pyridine rings is 1. The number of ether oxygens (including phenoxy) is 1. The van der Waals surface area contributed by atoms with E-state index in [2.05, 4.69) is 25.8 Å². The van der Waals surface area contributed by atoms with Gasteiger partial charge in [0, 0.05) is 43.7 Å². The lowest BCUT2D eigenvalue weighted by Gasteiger charge is -2.26. The Morgan fingerprint density at radius 1 is 1.28 bits per heavy atom. The molecule has 172 valence electrons. The first-order valence-corrected chi connectivity index (χ1v) is 11.6. The molecule has 1 saturated heterocycles. The summed E-state index contributed by atoms with van der Waals surface area (Å²) in [6.45, 7) is 8.36. The molecule has 0 aliphatic carbocycles. The second kappa shape index (κ2) is 10.3. The van der Waals surface area contributed by atoms with E-state index in [1.165, 1.54) is 19.3 Å². The van der Waals surface area contributed by atoms with E-state index < -0.39 is 0 Å². The summed E-state index contributed by atoms with van der Waals surface area (Å²) in [6, 6.07) is 1.54. The van der Waals surface area contributed by atoms with Gasteiger partial charge in [-0.2, -0.15) is 0 Å². The Morgan fingerprint density at radius 2 is 2.09 bits per heavy atom. The van der Waals surface area contributed by atoms with Crippen LogP contribution < -0.4 is 20.7 Å². The van der Waals surface area contributed by atoms with Crippen LogP contribution in [0.3, 0.4) is 0 Å². The highest BCUT2D eigenvalue weighted by Gasteiger charge is 2.24. The Bertz CT molecular complexity index is 936. The fourth-order valence-electron chi connectivity index (χ4n) is 4.07. The number of halogens is 1. The van der Waals surface area contributed by atoms with E-state index in [9.17, 15) is 4.79 Å². The zero-order valence-electron chi connectivity index (χ0n) is 18.7. The number of carbonyl (C=O) groups excluding carboxylic acids is 1. The molecule has 4 heterocycles. The number of rotatable bonds is 7. The summed E-state index contributed by atoms with van der Waals surface area (Å²) >= 11 is 6.07. The molecular weight excluding hydrogens is 428 g/mol. The van der Waals surface area contributed by atoms with Crippen molar-refractivity contribution in [1.29, 1.82) is 0 Å². The number of nitrogens with one attached hydrogen (secondary N) is 3. The molecule has 1 fully saturated rings. The van der Waals surface area contributed by atoms with Gasteiger partial charge in [-0.15, -0.1) is 0 Å². The van der Waals surface area contributed by atoms with E-state index in [0.29, 0.717) is 29.8 Å². The summed E-state index contributed by atoms with van der Waals surface area (Å²) in [4.78, 5) is 21.0. The van der Waals surface area contributed by atoms with Crippen LogP contribution in [0.1, 0.15) is 38.7 Å². The van der Waals surface area contributed by atoms with Gasteiger partial charge in [0.15, 0.2) is 0 Å². The maximum absolute atomic E-state index is 12.3. The number of hydrogen-bond acceptors (Lipinski definition) is 6. The van der Waals surface area contributed by atoms with Crippen LogP contribution >= 0.6 is 11.6 Å². The van der Waals surface area contributed by atoms with E-state index in [1.54, 1.807) is 12.3 Å². The normalized spacial score (nSPS) is 18.4. The molecule has 0 aromatic carbocycles. The van der Waals surface area contributed by atoms with E-state index >= 15 is 0 Å². The summed E-state index contributed by atoms with van der Waals surface area (Å²) < 4.78 is 5.94. The van der Waals surface area contributed by atoms with Crippen LogP contribution in [0.25, 0.3) is 5.57 Å². The van der Waals surface area contributed by atoms with Gasteiger partial charge in [-0.1, -0.05) is 24.1 Å². The summed E-state index contributed by atoms with van der Waals surface area (Å²) in [5.74, 6) is 2.27. The van der Waals surface area contributed by atoms with Crippen molar-refractivity contribution in [2.45, 2.75) is 39.2 Å². The monoisotopic (exact) mass is 458 g/mol.